The van der Waals surface area contributed by atoms with Crippen LogP contribution in [0.15, 0.2) is 24.3 Å². The van der Waals surface area contributed by atoms with Crippen LogP contribution in [-0.2, 0) is 15.8 Å². The van der Waals surface area contributed by atoms with Crippen molar-refractivity contribution in [2.75, 3.05) is 6.54 Å². The Bertz CT molecular complexity index is 803. The van der Waals surface area contributed by atoms with Gasteiger partial charge in [0.15, 0.2) is 0 Å². The smallest absolute Gasteiger partial charge is 0.350 e. The molecule has 2 amide bonds. The third-order valence-electron chi connectivity index (χ3n) is 4.91. The lowest BCUT2D eigenvalue weighted by Crippen LogP contribution is -2.61. The van der Waals surface area contributed by atoms with Gasteiger partial charge in [0.2, 0.25) is 11.8 Å². The number of carbonyl (C=O) groups excluding carboxylic acids is 2. The molecule has 1 aromatic rings. The first kappa shape index (κ1) is 23.9. The molecular formula is C22H28F4N2O2. The molecule has 1 aliphatic rings. The van der Waals surface area contributed by atoms with E-state index in [0.717, 1.165) is 24.3 Å². The average Bonchev–Trinajstić information content (AvgIpc) is 2.60. The maximum atomic E-state index is 14.0. The predicted molar refractivity (Wildman–Crippen MR) is 107 cm³/mol. The molecule has 0 aliphatic carbocycles. The van der Waals surface area contributed by atoms with Crippen LogP contribution in [0.4, 0.5) is 17.6 Å². The van der Waals surface area contributed by atoms with E-state index >= 15 is 0 Å². The van der Waals surface area contributed by atoms with Crippen molar-refractivity contribution < 1.29 is 27.2 Å². The lowest BCUT2D eigenvalue weighted by molar-refractivity contribution is -0.142. The molecule has 1 fully saturated rings. The number of hydrogen-bond donors (Lipinski definition) is 1. The van der Waals surface area contributed by atoms with Gasteiger partial charge in [-0.3, -0.25) is 9.59 Å². The number of alkyl halides is 3. The van der Waals surface area contributed by atoms with Gasteiger partial charge in [-0.2, -0.15) is 13.2 Å². The highest BCUT2D eigenvalue weighted by Gasteiger charge is 2.37. The molecule has 1 heterocycles. The van der Waals surface area contributed by atoms with Gasteiger partial charge in [-0.1, -0.05) is 33.8 Å². The highest BCUT2D eigenvalue weighted by Crippen LogP contribution is 2.30. The van der Waals surface area contributed by atoms with Crippen LogP contribution in [0, 0.1) is 17.7 Å². The number of nitrogens with zero attached hydrogens (tertiary/aromatic N) is 1. The van der Waals surface area contributed by atoms with Gasteiger partial charge in [-0.25, -0.2) is 4.39 Å². The number of benzene rings is 1. The Kier molecular flexibility index (Phi) is 7.66. The fourth-order valence-electron chi connectivity index (χ4n) is 3.57. The molecule has 1 aliphatic heterocycles. The summed E-state index contributed by atoms with van der Waals surface area (Å²) in [6.45, 7) is 8.27. The van der Waals surface area contributed by atoms with E-state index in [0.29, 0.717) is 31.4 Å². The molecule has 2 rings (SSSR count). The van der Waals surface area contributed by atoms with Crippen LogP contribution in [0.25, 0.3) is 6.08 Å². The molecule has 30 heavy (non-hydrogen) atoms. The maximum Gasteiger partial charge on any atom is 0.416 e. The van der Waals surface area contributed by atoms with Gasteiger partial charge in [0.05, 0.1) is 5.56 Å². The van der Waals surface area contributed by atoms with E-state index in [9.17, 15) is 27.2 Å². The minimum Gasteiger partial charge on any atom is -0.350 e. The third kappa shape index (κ3) is 6.31. The standard InChI is InChI=1S/C22H28F4N2O2/c1-13(2)9-17-12-28(19(10-14(3)4)21(30)27-17)20(29)8-6-15-5-7-16(11-18(15)23)22(24,25)26/h5-8,11,13-14,17,19H,9-10,12H2,1-4H3,(H,27,30)/b8-6+/t17-,19-/m0/s1. The lowest BCUT2D eigenvalue weighted by Gasteiger charge is -2.40. The highest BCUT2D eigenvalue weighted by atomic mass is 19.4. The van der Waals surface area contributed by atoms with Crippen molar-refractivity contribution in [2.24, 2.45) is 11.8 Å². The normalized spacial score (nSPS) is 20.3. The SMILES string of the molecule is CC(C)C[C@H]1CN(C(=O)/C=C/c2ccc(C(F)(F)F)cc2F)[C@@H](CC(C)C)C(=O)N1. The molecule has 1 N–H and O–H groups in total. The van der Waals surface area contributed by atoms with Crippen molar-refractivity contribution in [1.82, 2.24) is 10.2 Å². The fourth-order valence-corrected chi connectivity index (χ4v) is 3.57. The summed E-state index contributed by atoms with van der Waals surface area (Å²) < 4.78 is 52.1. The zero-order valence-electron chi connectivity index (χ0n) is 17.6. The predicted octanol–water partition coefficient (Wildman–Crippen LogP) is 4.65. The summed E-state index contributed by atoms with van der Waals surface area (Å²) in [5.74, 6) is -1.26. The van der Waals surface area contributed by atoms with Gasteiger partial charge >= 0.3 is 6.18 Å². The second kappa shape index (κ2) is 9.62. The molecule has 0 aromatic heterocycles. The molecule has 4 nitrogen and oxygen atoms in total. The van der Waals surface area contributed by atoms with E-state index in [-0.39, 0.29) is 23.4 Å². The number of piperazine rings is 1. The molecule has 0 radical (unpaired) electrons. The van der Waals surface area contributed by atoms with Crippen LogP contribution < -0.4 is 5.32 Å². The second-order valence-corrected chi connectivity index (χ2v) is 8.54. The van der Waals surface area contributed by atoms with Crippen LogP contribution in [0.5, 0.6) is 0 Å². The second-order valence-electron chi connectivity index (χ2n) is 8.54. The Hall–Kier alpha value is -2.38. The van der Waals surface area contributed by atoms with Crippen molar-refractivity contribution in [1.29, 1.82) is 0 Å². The molecule has 1 saturated heterocycles. The van der Waals surface area contributed by atoms with Crippen molar-refractivity contribution in [3.05, 3.63) is 41.2 Å². The maximum absolute atomic E-state index is 14.0. The summed E-state index contributed by atoms with van der Waals surface area (Å²) in [5, 5.41) is 2.97. The van der Waals surface area contributed by atoms with Crippen molar-refractivity contribution in [3.63, 3.8) is 0 Å². The Morgan fingerprint density at radius 3 is 2.37 bits per heavy atom. The molecule has 8 heteroatoms. The first-order valence-electron chi connectivity index (χ1n) is 10.0. The van der Waals surface area contributed by atoms with Gasteiger partial charge in [0.1, 0.15) is 11.9 Å². The van der Waals surface area contributed by atoms with Crippen LogP contribution in [0.2, 0.25) is 0 Å². The lowest BCUT2D eigenvalue weighted by atomic mass is 9.95. The third-order valence-corrected chi connectivity index (χ3v) is 4.91. The molecule has 0 spiro atoms. The monoisotopic (exact) mass is 428 g/mol. The van der Waals surface area contributed by atoms with Crippen molar-refractivity contribution in [2.45, 2.75) is 58.8 Å². The molecule has 0 unspecified atom stereocenters. The van der Waals surface area contributed by atoms with E-state index in [1.165, 1.54) is 4.90 Å². The molecular weight excluding hydrogens is 400 g/mol. The summed E-state index contributed by atoms with van der Waals surface area (Å²) >= 11 is 0. The van der Waals surface area contributed by atoms with E-state index in [4.69, 9.17) is 0 Å². The van der Waals surface area contributed by atoms with E-state index in [1.807, 2.05) is 27.7 Å². The minimum atomic E-state index is -4.64. The van der Waals surface area contributed by atoms with Gasteiger partial charge in [-0.15, -0.1) is 0 Å². The first-order valence-corrected chi connectivity index (χ1v) is 10.0. The Morgan fingerprint density at radius 1 is 1.20 bits per heavy atom. The first-order chi connectivity index (χ1) is 13.9. The largest absolute Gasteiger partial charge is 0.416 e. The summed E-state index contributed by atoms with van der Waals surface area (Å²) in [6, 6.07) is 1.34. The fraction of sp³-hybridized carbons (Fsp3) is 0.545. The number of amides is 2. The van der Waals surface area contributed by atoms with E-state index in [1.54, 1.807) is 0 Å². The van der Waals surface area contributed by atoms with Gasteiger partial charge < -0.3 is 10.2 Å². The number of hydrogen-bond acceptors (Lipinski definition) is 2. The summed E-state index contributed by atoms with van der Waals surface area (Å²) in [7, 11) is 0. The quantitative estimate of drug-likeness (QED) is 0.530. The summed E-state index contributed by atoms with van der Waals surface area (Å²) in [6.07, 6.45) is -1.19. The van der Waals surface area contributed by atoms with E-state index < -0.39 is 29.5 Å². The molecule has 0 saturated carbocycles. The number of nitrogens with one attached hydrogen (secondary N) is 1. The average molecular weight is 428 g/mol. The van der Waals surface area contributed by atoms with Crippen LogP contribution >= 0.6 is 0 Å². The Labute approximate surface area is 174 Å². The summed E-state index contributed by atoms with van der Waals surface area (Å²) in [4.78, 5) is 26.9. The topological polar surface area (TPSA) is 49.4 Å². The molecule has 1 aromatic carbocycles. The Balaban J connectivity index is 2.23. The number of rotatable bonds is 6. The van der Waals surface area contributed by atoms with Gasteiger partial charge in [-0.05, 0) is 42.9 Å². The minimum absolute atomic E-state index is 0.128. The van der Waals surface area contributed by atoms with Crippen molar-refractivity contribution in [3.8, 4) is 0 Å². The van der Waals surface area contributed by atoms with Gasteiger partial charge in [0.25, 0.3) is 0 Å². The molecule has 166 valence electrons. The van der Waals surface area contributed by atoms with Crippen LogP contribution in [0.3, 0.4) is 0 Å². The van der Waals surface area contributed by atoms with Crippen LogP contribution in [-0.4, -0.2) is 35.3 Å². The Morgan fingerprint density at radius 2 is 1.83 bits per heavy atom. The zero-order chi connectivity index (χ0) is 22.6. The van der Waals surface area contributed by atoms with Crippen molar-refractivity contribution >= 4 is 17.9 Å². The molecule has 2 atom stereocenters. The van der Waals surface area contributed by atoms with Gasteiger partial charge in [0, 0.05) is 24.2 Å². The number of halogens is 4. The highest BCUT2D eigenvalue weighted by molar-refractivity contribution is 5.96. The molecule has 0 bridgehead atoms. The summed E-state index contributed by atoms with van der Waals surface area (Å²) in [5.41, 5.74) is -1.22. The van der Waals surface area contributed by atoms with E-state index in [2.05, 4.69) is 5.32 Å². The zero-order valence-corrected chi connectivity index (χ0v) is 17.6. The number of carbonyl (C=O) groups is 2. The van der Waals surface area contributed by atoms with Crippen LogP contribution in [0.1, 0.15) is 51.7 Å².